The number of rotatable bonds is 4. The van der Waals surface area contributed by atoms with Gasteiger partial charge in [-0.05, 0) is 19.4 Å². The molecule has 0 aliphatic carbocycles. The van der Waals surface area contributed by atoms with Gasteiger partial charge in [0.1, 0.15) is 12.6 Å². The molecule has 0 saturated carbocycles. The minimum Gasteiger partial charge on any atom is -0.445 e. The zero-order valence-corrected chi connectivity index (χ0v) is 10.1. The quantitative estimate of drug-likeness (QED) is 0.801. The normalized spacial score (nSPS) is 11.4. The Hall–Kier alpha value is -2.02. The second kappa shape index (κ2) is 6.54. The van der Waals surface area contributed by atoms with Gasteiger partial charge in [-0.25, -0.2) is 4.79 Å². The Morgan fingerprint density at radius 3 is 2.65 bits per heavy atom. The van der Waals surface area contributed by atoms with Crippen LogP contribution in [0.15, 0.2) is 30.3 Å². The van der Waals surface area contributed by atoms with Crippen LogP contribution in [0.1, 0.15) is 19.4 Å². The lowest BCUT2D eigenvalue weighted by molar-refractivity contribution is 0.0926. The summed E-state index contributed by atoms with van der Waals surface area (Å²) in [5.74, 6) is 0. The van der Waals surface area contributed by atoms with Crippen LogP contribution in [0.4, 0.5) is 4.79 Å². The Kier molecular flexibility index (Phi) is 5.02. The van der Waals surface area contributed by atoms with Crippen LogP contribution in [-0.2, 0) is 11.3 Å². The van der Waals surface area contributed by atoms with Gasteiger partial charge in [-0.1, -0.05) is 30.3 Å². The second-order valence-corrected chi connectivity index (χ2v) is 3.63. The van der Waals surface area contributed by atoms with Gasteiger partial charge in [0.2, 0.25) is 0 Å². The third-order valence-electron chi connectivity index (χ3n) is 2.43. The molecule has 1 amide bonds. The van der Waals surface area contributed by atoms with Crippen LogP contribution >= 0.6 is 0 Å². The highest BCUT2D eigenvalue weighted by molar-refractivity contribution is 5.68. The standard InChI is InChI=1S/C13H16N2O2/c1-3-15(11(2)9-14)13(16)17-10-12-7-5-4-6-8-12/h4-8,11H,3,10H2,1-2H3. The number of nitriles is 1. The molecule has 1 atom stereocenters. The Morgan fingerprint density at radius 2 is 2.12 bits per heavy atom. The first kappa shape index (κ1) is 13.0. The molecule has 0 spiro atoms. The molecule has 90 valence electrons. The van der Waals surface area contributed by atoms with E-state index in [1.54, 1.807) is 6.92 Å². The highest BCUT2D eigenvalue weighted by atomic mass is 16.6. The van der Waals surface area contributed by atoms with Crippen LogP contribution in [0.2, 0.25) is 0 Å². The molecule has 0 aliphatic heterocycles. The summed E-state index contributed by atoms with van der Waals surface area (Å²) in [4.78, 5) is 13.1. The summed E-state index contributed by atoms with van der Waals surface area (Å²) in [6, 6.07) is 11.0. The van der Waals surface area contributed by atoms with E-state index in [1.807, 2.05) is 43.3 Å². The molecular weight excluding hydrogens is 216 g/mol. The van der Waals surface area contributed by atoms with Crippen molar-refractivity contribution in [3.63, 3.8) is 0 Å². The van der Waals surface area contributed by atoms with Crippen molar-refractivity contribution in [2.45, 2.75) is 26.5 Å². The maximum absolute atomic E-state index is 11.7. The minimum absolute atomic E-state index is 0.230. The summed E-state index contributed by atoms with van der Waals surface area (Å²) < 4.78 is 5.14. The van der Waals surface area contributed by atoms with Gasteiger partial charge in [0.15, 0.2) is 0 Å². The molecular formula is C13H16N2O2. The zero-order chi connectivity index (χ0) is 12.7. The van der Waals surface area contributed by atoms with Crippen molar-refractivity contribution in [3.05, 3.63) is 35.9 Å². The summed E-state index contributed by atoms with van der Waals surface area (Å²) in [5, 5.41) is 8.77. The van der Waals surface area contributed by atoms with E-state index < -0.39 is 12.1 Å². The van der Waals surface area contributed by atoms with E-state index in [4.69, 9.17) is 10.00 Å². The fourth-order valence-corrected chi connectivity index (χ4v) is 1.43. The molecule has 0 radical (unpaired) electrons. The summed E-state index contributed by atoms with van der Waals surface area (Å²) in [6.45, 7) is 4.18. The maximum atomic E-state index is 11.7. The maximum Gasteiger partial charge on any atom is 0.411 e. The molecule has 0 N–H and O–H groups in total. The predicted octanol–water partition coefficient (Wildman–Crippen LogP) is 2.56. The fraction of sp³-hybridized carbons (Fsp3) is 0.385. The van der Waals surface area contributed by atoms with Crippen LogP contribution in [-0.4, -0.2) is 23.6 Å². The van der Waals surface area contributed by atoms with Gasteiger partial charge < -0.3 is 4.74 Å². The first-order valence-corrected chi connectivity index (χ1v) is 5.56. The Bertz CT molecular complexity index is 398. The molecule has 0 bridgehead atoms. The number of hydrogen-bond acceptors (Lipinski definition) is 3. The fourth-order valence-electron chi connectivity index (χ4n) is 1.43. The largest absolute Gasteiger partial charge is 0.445 e. The van der Waals surface area contributed by atoms with Crippen molar-refractivity contribution in [2.75, 3.05) is 6.54 Å². The lowest BCUT2D eigenvalue weighted by atomic mass is 10.2. The topological polar surface area (TPSA) is 53.3 Å². The molecule has 0 heterocycles. The van der Waals surface area contributed by atoms with Gasteiger partial charge in [-0.3, -0.25) is 4.90 Å². The Balaban J connectivity index is 2.52. The first-order chi connectivity index (χ1) is 8.19. The van der Waals surface area contributed by atoms with Crippen LogP contribution in [0, 0.1) is 11.3 Å². The van der Waals surface area contributed by atoms with Gasteiger partial charge in [0.25, 0.3) is 0 Å². The molecule has 17 heavy (non-hydrogen) atoms. The molecule has 4 heteroatoms. The van der Waals surface area contributed by atoms with Gasteiger partial charge in [-0.2, -0.15) is 5.26 Å². The van der Waals surface area contributed by atoms with Crippen molar-refractivity contribution in [3.8, 4) is 6.07 Å². The third-order valence-corrected chi connectivity index (χ3v) is 2.43. The van der Waals surface area contributed by atoms with Gasteiger partial charge >= 0.3 is 6.09 Å². The molecule has 4 nitrogen and oxygen atoms in total. The molecule has 1 rings (SSSR count). The van der Waals surface area contributed by atoms with Gasteiger partial charge in [0.05, 0.1) is 6.07 Å². The van der Waals surface area contributed by atoms with E-state index >= 15 is 0 Å². The highest BCUT2D eigenvalue weighted by Gasteiger charge is 2.19. The number of amides is 1. The smallest absolute Gasteiger partial charge is 0.411 e. The second-order valence-electron chi connectivity index (χ2n) is 3.63. The Labute approximate surface area is 101 Å². The molecule has 0 saturated heterocycles. The Morgan fingerprint density at radius 1 is 1.47 bits per heavy atom. The third kappa shape index (κ3) is 3.80. The summed E-state index contributed by atoms with van der Waals surface area (Å²) in [7, 11) is 0. The van der Waals surface area contributed by atoms with Crippen molar-refractivity contribution in [2.24, 2.45) is 0 Å². The van der Waals surface area contributed by atoms with E-state index in [1.165, 1.54) is 4.90 Å². The van der Waals surface area contributed by atoms with Crippen molar-refractivity contribution < 1.29 is 9.53 Å². The summed E-state index contributed by atoms with van der Waals surface area (Å²) in [5.41, 5.74) is 0.932. The first-order valence-electron chi connectivity index (χ1n) is 5.56. The summed E-state index contributed by atoms with van der Waals surface area (Å²) >= 11 is 0. The molecule has 0 fully saturated rings. The number of ether oxygens (including phenoxy) is 1. The molecule has 1 unspecified atom stereocenters. The van der Waals surface area contributed by atoms with Crippen molar-refractivity contribution in [1.82, 2.24) is 4.90 Å². The van der Waals surface area contributed by atoms with E-state index in [0.717, 1.165) is 5.56 Å². The average molecular weight is 232 g/mol. The van der Waals surface area contributed by atoms with Gasteiger partial charge in [0, 0.05) is 6.54 Å². The molecule has 0 aliphatic rings. The molecule has 0 aromatic heterocycles. The SMILES string of the molecule is CCN(C(=O)OCc1ccccc1)C(C)C#N. The van der Waals surface area contributed by atoms with Gasteiger partial charge in [-0.15, -0.1) is 0 Å². The van der Waals surface area contributed by atoms with Crippen LogP contribution in [0.5, 0.6) is 0 Å². The van der Waals surface area contributed by atoms with Crippen LogP contribution in [0.3, 0.4) is 0 Å². The highest BCUT2D eigenvalue weighted by Crippen LogP contribution is 2.05. The van der Waals surface area contributed by atoms with Crippen LogP contribution < -0.4 is 0 Å². The number of benzene rings is 1. The van der Waals surface area contributed by atoms with E-state index in [-0.39, 0.29) is 6.61 Å². The van der Waals surface area contributed by atoms with E-state index in [2.05, 4.69) is 0 Å². The zero-order valence-electron chi connectivity index (χ0n) is 10.1. The lowest BCUT2D eigenvalue weighted by Crippen LogP contribution is -2.37. The van der Waals surface area contributed by atoms with Crippen molar-refractivity contribution in [1.29, 1.82) is 5.26 Å². The summed E-state index contributed by atoms with van der Waals surface area (Å²) in [6.07, 6.45) is -0.453. The molecule has 1 aromatic rings. The van der Waals surface area contributed by atoms with Crippen molar-refractivity contribution >= 4 is 6.09 Å². The predicted molar refractivity (Wildman–Crippen MR) is 64.1 cm³/mol. The number of carbonyl (C=O) groups excluding carboxylic acids is 1. The van der Waals surface area contributed by atoms with Crippen LogP contribution in [0.25, 0.3) is 0 Å². The minimum atomic E-state index is -0.469. The number of hydrogen-bond donors (Lipinski definition) is 0. The lowest BCUT2D eigenvalue weighted by Gasteiger charge is -2.22. The van der Waals surface area contributed by atoms with E-state index in [0.29, 0.717) is 6.54 Å². The monoisotopic (exact) mass is 232 g/mol. The number of carbonyl (C=O) groups is 1. The number of nitrogens with zero attached hydrogens (tertiary/aromatic N) is 2. The molecule has 1 aromatic carbocycles. The average Bonchev–Trinajstić information content (AvgIpc) is 2.38. The van der Waals surface area contributed by atoms with E-state index in [9.17, 15) is 4.79 Å².